The van der Waals surface area contributed by atoms with Gasteiger partial charge in [0, 0.05) is 11.1 Å². The Balaban J connectivity index is 2.69. The van der Waals surface area contributed by atoms with E-state index in [4.69, 9.17) is 22.4 Å². The third-order valence-electron chi connectivity index (χ3n) is 1.67. The molecular formula is C9H12ClNO. The van der Waals surface area contributed by atoms with Gasteiger partial charge in [-0.15, -0.1) is 0 Å². The van der Waals surface area contributed by atoms with Gasteiger partial charge < -0.3 is 10.8 Å². The Morgan fingerprint density at radius 3 is 2.67 bits per heavy atom. The fraction of sp³-hybridized carbons (Fsp3) is 0.333. The molecule has 1 aromatic carbocycles. The summed E-state index contributed by atoms with van der Waals surface area (Å²) in [5.41, 5.74) is 6.55. The van der Waals surface area contributed by atoms with Crippen molar-refractivity contribution >= 4 is 11.6 Å². The van der Waals surface area contributed by atoms with Gasteiger partial charge in [-0.25, -0.2) is 0 Å². The molecule has 12 heavy (non-hydrogen) atoms. The number of rotatable bonds is 3. The Bertz CT molecular complexity index is 252. The summed E-state index contributed by atoms with van der Waals surface area (Å²) in [5, 5.41) is 9.43. The molecule has 0 aromatic heterocycles. The van der Waals surface area contributed by atoms with E-state index in [1.807, 2.05) is 24.3 Å². The van der Waals surface area contributed by atoms with Crippen LogP contribution in [-0.2, 0) is 6.42 Å². The zero-order valence-electron chi connectivity index (χ0n) is 6.70. The maximum Gasteiger partial charge on any atom is 0.0585 e. The van der Waals surface area contributed by atoms with Crippen molar-refractivity contribution in [3.05, 3.63) is 34.9 Å². The third kappa shape index (κ3) is 2.48. The van der Waals surface area contributed by atoms with Crippen LogP contribution < -0.4 is 5.73 Å². The van der Waals surface area contributed by atoms with Crippen molar-refractivity contribution in [3.63, 3.8) is 0 Å². The zero-order chi connectivity index (χ0) is 8.97. The molecule has 0 spiro atoms. The van der Waals surface area contributed by atoms with Crippen molar-refractivity contribution < 1.29 is 5.11 Å². The highest BCUT2D eigenvalue weighted by Gasteiger charge is 2.04. The molecule has 3 N–H and O–H groups in total. The topological polar surface area (TPSA) is 46.2 Å². The quantitative estimate of drug-likeness (QED) is 0.744. The predicted octanol–water partition coefficient (Wildman–Crippen LogP) is 1.20. The average molecular weight is 186 g/mol. The van der Waals surface area contributed by atoms with E-state index in [9.17, 15) is 0 Å². The Labute approximate surface area is 77.0 Å². The lowest BCUT2D eigenvalue weighted by Gasteiger charge is -2.08. The summed E-state index contributed by atoms with van der Waals surface area (Å²) in [5.74, 6) is 0. The maximum atomic E-state index is 8.72. The molecule has 0 aliphatic carbocycles. The van der Waals surface area contributed by atoms with E-state index in [-0.39, 0.29) is 12.6 Å². The van der Waals surface area contributed by atoms with Crippen molar-refractivity contribution in [1.29, 1.82) is 0 Å². The second-order valence-electron chi connectivity index (χ2n) is 2.74. The van der Waals surface area contributed by atoms with Gasteiger partial charge >= 0.3 is 0 Å². The minimum atomic E-state index is -0.218. The minimum Gasteiger partial charge on any atom is -0.395 e. The number of aliphatic hydroxyl groups is 1. The molecule has 1 unspecified atom stereocenters. The number of halogens is 1. The molecule has 0 fully saturated rings. The van der Waals surface area contributed by atoms with Gasteiger partial charge in [0.15, 0.2) is 0 Å². The lowest BCUT2D eigenvalue weighted by Crippen LogP contribution is -2.26. The highest BCUT2D eigenvalue weighted by Crippen LogP contribution is 2.15. The first-order chi connectivity index (χ1) is 5.74. The summed E-state index contributed by atoms with van der Waals surface area (Å²) in [6.45, 7) is -0.00871. The summed E-state index contributed by atoms with van der Waals surface area (Å²) >= 11 is 5.89. The van der Waals surface area contributed by atoms with E-state index in [0.717, 1.165) is 5.56 Å². The molecule has 0 aliphatic rings. The van der Waals surface area contributed by atoms with E-state index in [1.54, 1.807) is 0 Å². The second kappa shape index (κ2) is 4.45. The number of benzene rings is 1. The molecule has 2 nitrogen and oxygen atoms in total. The van der Waals surface area contributed by atoms with Crippen LogP contribution in [0.1, 0.15) is 5.56 Å². The van der Waals surface area contributed by atoms with Crippen molar-refractivity contribution in [3.8, 4) is 0 Å². The monoisotopic (exact) mass is 185 g/mol. The van der Waals surface area contributed by atoms with E-state index < -0.39 is 0 Å². The predicted molar refractivity (Wildman–Crippen MR) is 50.2 cm³/mol. The van der Waals surface area contributed by atoms with Gasteiger partial charge in [0.05, 0.1) is 6.61 Å². The largest absolute Gasteiger partial charge is 0.395 e. The van der Waals surface area contributed by atoms with Gasteiger partial charge in [-0.05, 0) is 18.1 Å². The lowest BCUT2D eigenvalue weighted by atomic mass is 10.1. The first-order valence-electron chi connectivity index (χ1n) is 3.84. The van der Waals surface area contributed by atoms with Gasteiger partial charge in [-0.1, -0.05) is 29.8 Å². The molecule has 1 rings (SSSR count). The molecule has 0 radical (unpaired) electrons. The summed E-state index contributed by atoms with van der Waals surface area (Å²) < 4.78 is 0. The summed E-state index contributed by atoms with van der Waals surface area (Å²) in [4.78, 5) is 0. The standard InChI is InChI=1S/C9H12ClNO/c10-9-4-2-1-3-7(9)5-8(11)6-12/h1-4,8,12H,5-6,11H2. The van der Waals surface area contributed by atoms with E-state index >= 15 is 0 Å². The molecule has 66 valence electrons. The van der Waals surface area contributed by atoms with Crippen LogP contribution in [0.3, 0.4) is 0 Å². The van der Waals surface area contributed by atoms with Gasteiger partial charge in [0.1, 0.15) is 0 Å². The number of hydrogen-bond acceptors (Lipinski definition) is 2. The Hall–Kier alpha value is -0.570. The highest BCUT2D eigenvalue weighted by atomic mass is 35.5. The van der Waals surface area contributed by atoms with Crippen molar-refractivity contribution in [2.75, 3.05) is 6.61 Å². The van der Waals surface area contributed by atoms with E-state index in [1.165, 1.54) is 0 Å². The molecule has 3 heteroatoms. The smallest absolute Gasteiger partial charge is 0.0585 e. The third-order valence-corrected chi connectivity index (χ3v) is 2.04. The molecule has 0 saturated carbocycles. The number of aliphatic hydroxyl groups excluding tert-OH is 1. The van der Waals surface area contributed by atoms with Crippen LogP contribution in [0.2, 0.25) is 5.02 Å². The summed E-state index contributed by atoms with van der Waals surface area (Å²) in [6.07, 6.45) is 0.621. The van der Waals surface area contributed by atoms with E-state index in [2.05, 4.69) is 0 Å². The molecule has 1 atom stereocenters. The second-order valence-corrected chi connectivity index (χ2v) is 3.15. The van der Waals surface area contributed by atoms with Crippen LogP contribution in [0.4, 0.5) is 0 Å². The normalized spacial score (nSPS) is 12.9. The molecule has 0 saturated heterocycles. The minimum absolute atomic E-state index is 0.00871. The fourth-order valence-corrected chi connectivity index (χ4v) is 1.22. The van der Waals surface area contributed by atoms with Crippen molar-refractivity contribution in [2.24, 2.45) is 5.73 Å². The number of nitrogens with two attached hydrogens (primary N) is 1. The zero-order valence-corrected chi connectivity index (χ0v) is 7.46. The first kappa shape index (κ1) is 9.52. The van der Waals surface area contributed by atoms with Gasteiger partial charge in [0.2, 0.25) is 0 Å². The lowest BCUT2D eigenvalue weighted by molar-refractivity contribution is 0.265. The maximum absolute atomic E-state index is 8.72. The Kier molecular flexibility index (Phi) is 3.53. The number of hydrogen-bond donors (Lipinski definition) is 2. The summed E-state index contributed by atoms with van der Waals surface area (Å²) in [7, 11) is 0. The van der Waals surface area contributed by atoms with E-state index in [0.29, 0.717) is 11.4 Å². The molecule has 0 aliphatic heterocycles. The molecule has 1 aromatic rings. The SMILES string of the molecule is NC(CO)Cc1ccccc1Cl. The van der Waals surface area contributed by atoms with Crippen LogP contribution >= 0.6 is 11.6 Å². The van der Waals surface area contributed by atoms with Crippen LogP contribution in [0.25, 0.3) is 0 Å². The fourth-order valence-electron chi connectivity index (χ4n) is 1.01. The molecule has 0 bridgehead atoms. The van der Waals surface area contributed by atoms with Gasteiger partial charge in [-0.3, -0.25) is 0 Å². The first-order valence-corrected chi connectivity index (χ1v) is 4.21. The van der Waals surface area contributed by atoms with Crippen LogP contribution in [0, 0.1) is 0 Å². The molecule has 0 heterocycles. The summed E-state index contributed by atoms with van der Waals surface area (Å²) in [6, 6.07) is 7.30. The molecular weight excluding hydrogens is 174 g/mol. The van der Waals surface area contributed by atoms with Crippen molar-refractivity contribution in [2.45, 2.75) is 12.5 Å². The Morgan fingerprint density at radius 1 is 1.42 bits per heavy atom. The van der Waals surface area contributed by atoms with Crippen LogP contribution in [0.15, 0.2) is 24.3 Å². The highest BCUT2D eigenvalue weighted by molar-refractivity contribution is 6.31. The van der Waals surface area contributed by atoms with Gasteiger partial charge in [-0.2, -0.15) is 0 Å². The van der Waals surface area contributed by atoms with Gasteiger partial charge in [0.25, 0.3) is 0 Å². The van der Waals surface area contributed by atoms with Crippen LogP contribution in [-0.4, -0.2) is 17.8 Å². The van der Waals surface area contributed by atoms with Crippen LogP contribution in [0.5, 0.6) is 0 Å². The van der Waals surface area contributed by atoms with Crippen molar-refractivity contribution in [1.82, 2.24) is 0 Å². The Morgan fingerprint density at radius 2 is 2.08 bits per heavy atom. The molecule has 0 amide bonds. The average Bonchev–Trinajstić information content (AvgIpc) is 2.09.